The van der Waals surface area contributed by atoms with E-state index in [0.29, 0.717) is 6.42 Å². The summed E-state index contributed by atoms with van der Waals surface area (Å²) in [7, 11) is 0. The van der Waals surface area contributed by atoms with Crippen molar-refractivity contribution in [2.75, 3.05) is 0 Å². The first-order valence-corrected chi connectivity index (χ1v) is 6.29. The van der Waals surface area contributed by atoms with Crippen LogP contribution in [0.1, 0.15) is 24.2 Å². The number of fused-ring (bicyclic) bond motifs is 1. The van der Waals surface area contributed by atoms with E-state index in [9.17, 15) is 9.50 Å². The average molecular weight is 258 g/mol. The smallest absolute Gasteiger partial charge is 0.140 e. The molecule has 0 saturated carbocycles. The normalized spacial score (nSPS) is 24.9. The molecule has 2 aromatic rings. The van der Waals surface area contributed by atoms with E-state index in [1.807, 2.05) is 31.2 Å². The SMILES string of the molecule is C[C@@]1(Cc2ccc(F)cc2)Oc2ccccc2[C@H]1O. The van der Waals surface area contributed by atoms with E-state index in [1.165, 1.54) is 12.1 Å². The van der Waals surface area contributed by atoms with Gasteiger partial charge in [0.15, 0.2) is 0 Å². The lowest BCUT2D eigenvalue weighted by atomic mass is 9.89. The molecule has 0 bridgehead atoms. The summed E-state index contributed by atoms with van der Waals surface area (Å²) in [6.45, 7) is 1.88. The van der Waals surface area contributed by atoms with Gasteiger partial charge < -0.3 is 9.84 Å². The maximum Gasteiger partial charge on any atom is 0.140 e. The number of aliphatic hydroxyl groups excluding tert-OH is 1. The predicted molar refractivity (Wildman–Crippen MR) is 70.5 cm³/mol. The molecule has 98 valence electrons. The van der Waals surface area contributed by atoms with Crippen LogP contribution >= 0.6 is 0 Å². The van der Waals surface area contributed by atoms with Crippen LogP contribution in [-0.4, -0.2) is 10.7 Å². The zero-order chi connectivity index (χ0) is 13.5. The Balaban J connectivity index is 1.88. The van der Waals surface area contributed by atoms with E-state index in [2.05, 4.69) is 0 Å². The molecule has 1 heterocycles. The van der Waals surface area contributed by atoms with Crippen molar-refractivity contribution in [3.05, 3.63) is 65.5 Å². The van der Waals surface area contributed by atoms with E-state index in [4.69, 9.17) is 4.74 Å². The molecule has 2 atom stereocenters. The maximum absolute atomic E-state index is 12.9. The van der Waals surface area contributed by atoms with E-state index in [-0.39, 0.29) is 5.82 Å². The van der Waals surface area contributed by atoms with Crippen molar-refractivity contribution < 1.29 is 14.2 Å². The van der Waals surface area contributed by atoms with E-state index in [1.54, 1.807) is 12.1 Å². The lowest BCUT2D eigenvalue weighted by Crippen LogP contribution is -2.36. The van der Waals surface area contributed by atoms with Crippen molar-refractivity contribution in [1.82, 2.24) is 0 Å². The Kier molecular flexibility index (Phi) is 2.79. The Hall–Kier alpha value is -1.87. The largest absolute Gasteiger partial charge is 0.484 e. The summed E-state index contributed by atoms with van der Waals surface area (Å²) >= 11 is 0. The number of para-hydroxylation sites is 1. The molecule has 0 amide bonds. The fourth-order valence-electron chi connectivity index (χ4n) is 2.58. The van der Waals surface area contributed by atoms with Gasteiger partial charge in [0.25, 0.3) is 0 Å². The molecule has 1 aliphatic heterocycles. The summed E-state index contributed by atoms with van der Waals surface area (Å²) < 4.78 is 18.8. The van der Waals surface area contributed by atoms with E-state index in [0.717, 1.165) is 16.9 Å². The number of halogens is 1. The fraction of sp³-hybridized carbons (Fsp3) is 0.250. The summed E-state index contributed by atoms with van der Waals surface area (Å²) in [6, 6.07) is 13.8. The second-order valence-corrected chi connectivity index (χ2v) is 5.16. The molecule has 0 spiro atoms. The van der Waals surface area contributed by atoms with Gasteiger partial charge in [-0.05, 0) is 30.7 Å². The summed E-state index contributed by atoms with van der Waals surface area (Å²) in [6.07, 6.45) is -0.142. The Morgan fingerprint density at radius 1 is 1.16 bits per heavy atom. The van der Waals surface area contributed by atoms with Gasteiger partial charge in [-0.15, -0.1) is 0 Å². The zero-order valence-corrected chi connectivity index (χ0v) is 10.6. The number of hydrogen-bond donors (Lipinski definition) is 1. The van der Waals surface area contributed by atoms with Gasteiger partial charge in [0.05, 0.1) is 0 Å². The molecular formula is C16H15FO2. The van der Waals surface area contributed by atoms with Crippen LogP contribution < -0.4 is 4.74 Å². The third kappa shape index (κ3) is 2.10. The van der Waals surface area contributed by atoms with Gasteiger partial charge in [0.2, 0.25) is 0 Å². The molecule has 0 radical (unpaired) electrons. The molecule has 0 unspecified atom stereocenters. The van der Waals surface area contributed by atoms with Crippen molar-refractivity contribution in [1.29, 1.82) is 0 Å². The lowest BCUT2D eigenvalue weighted by Gasteiger charge is -2.27. The topological polar surface area (TPSA) is 29.5 Å². The summed E-state index contributed by atoms with van der Waals surface area (Å²) in [4.78, 5) is 0. The van der Waals surface area contributed by atoms with Gasteiger partial charge in [-0.3, -0.25) is 0 Å². The van der Waals surface area contributed by atoms with Crippen LogP contribution in [0, 0.1) is 5.82 Å². The first kappa shape index (κ1) is 12.2. The van der Waals surface area contributed by atoms with Crippen LogP contribution in [0.2, 0.25) is 0 Å². The van der Waals surface area contributed by atoms with Gasteiger partial charge in [-0.25, -0.2) is 4.39 Å². The van der Waals surface area contributed by atoms with Crippen LogP contribution in [0.4, 0.5) is 4.39 Å². The minimum absolute atomic E-state index is 0.259. The third-order valence-electron chi connectivity index (χ3n) is 3.60. The highest BCUT2D eigenvalue weighted by Gasteiger charge is 2.43. The standard InChI is InChI=1S/C16H15FO2/c1-16(10-11-6-8-12(17)9-7-11)15(18)13-4-2-3-5-14(13)19-16/h2-9,15,18H,10H2,1H3/t15-,16+/m1/s1. The molecule has 3 rings (SSSR count). The van der Waals surface area contributed by atoms with Crippen LogP contribution in [0.5, 0.6) is 5.75 Å². The molecule has 2 aromatic carbocycles. The Labute approximate surface area is 111 Å². The second kappa shape index (κ2) is 4.35. The number of hydrogen-bond acceptors (Lipinski definition) is 2. The summed E-state index contributed by atoms with van der Waals surface area (Å²) in [5, 5.41) is 10.4. The molecule has 0 fully saturated rings. The highest BCUT2D eigenvalue weighted by molar-refractivity contribution is 5.42. The Morgan fingerprint density at radius 2 is 1.84 bits per heavy atom. The maximum atomic E-state index is 12.9. The third-order valence-corrected chi connectivity index (χ3v) is 3.60. The predicted octanol–water partition coefficient (Wildman–Crippen LogP) is 3.25. The zero-order valence-electron chi connectivity index (χ0n) is 10.6. The molecule has 2 nitrogen and oxygen atoms in total. The Morgan fingerprint density at radius 3 is 2.53 bits per heavy atom. The van der Waals surface area contributed by atoms with E-state index < -0.39 is 11.7 Å². The second-order valence-electron chi connectivity index (χ2n) is 5.16. The number of benzene rings is 2. The van der Waals surface area contributed by atoms with Gasteiger partial charge >= 0.3 is 0 Å². The first-order valence-electron chi connectivity index (χ1n) is 6.29. The van der Waals surface area contributed by atoms with Gasteiger partial charge in [-0.2, -0.15) is 0 Å². The average Bonchev–Trinajstić information content (AvgIpc) is 2.65. The molecule has 0 saturated heterocycles. The van der Waals surface area contributed by atoms with Crippen LogP contribution in [0.3, 0.4) is 0 Å². The van der Waals surface area contributed by atoms with Crippen molar-refractivity contribution in [2.24, 2.45) is 0 Å². The number of aliphatic hydroxyl groups is 1. The van der Waals surface area contributed by atoms with Crippen molar-refractivity contribution in [2.45, 2.75) is 25.0 Å². The highest BCUT2D eigenvalue weighted by Crippen LogP contribution is 2.44. The minimum atomic E-state index is -0.707. The molecule has 1 N–H and O–H groups in total. The molecule has 3 heteroatoms. The van der Waals surface area contributed by atoms with Gasteiger partial charge in [0.1, 0.15) is 23.3 Å². The quantitative estimate of drug-likeness (QED) is 0.896. The molecule has 0 aliphatic carbocycles. The van der Waals surface area contributed by atoms with Crippen LogP contribution in [-0.2, 0) is 6.42 Å². The van der Waals surface area contributed by atoms with Crippen LogP contribution in [0.25, 0.3) is 0 Å². The van der Waals surface area contributed by atoms with Crippen LogP contribution in [0.15, 0.2) is 48.5 Å². The molecule has 0 aromatic heterocycles. The molecule has 1 aliphatic rings. The van der Waals surface area contributed by atoms with Crippen molar-refractivity contribution >= 4 is 0 Å². The highest BCUT2D eigenvalue weighted by atomic mass is 19.1. The Bertz CT molecular complexity index is 594. The number of rotatable bonds is 2. The lowest BCUT2D eigenvalue weighted by molar-refractivity contribution is -0.0135. The minimum Gasteiger partial charge on any atom is -0.484 e. The summed E-state index contributed by atoms with van der Waals surface area (Å²) in [5.41, 5.74) is 1.05. The fourth-order valence-corrected chi connectivity index (χ4v) is 2.58. The first-order chi connectivity index (χ1) is 9.08. The van der Waals surface area contributed by atoms with E-state index >= 15 is 0 Å². The van der Waals surface area contributed by atoms with Crippen molar-refractivity contribution in [3.8, 4) is 5.75 Å². The van der Waals surface area contributed by atoms with Gasteiger partial charge in [0, 0.05) is 12.0 Å². The molecular weight excluding hydrogens is 243 g/mol. The monoisotopic (exact) mass is 258 g/mol. The number of ether oxygens (including phenoxy) is 1. The van der Waals surface area contributed by atoms with Crippen molar-refractivity contribution in [3.63, 3.8) is 0 Å². The van der Waals surface area contributed by atoms with Gasteiger partial charge in [-0.1, -0.05) is 30.3 Å². The molecule has 19 heavy (non-hydrogen) atoms. The summed E-state index contributed by atoms with van der Waals surface area (Å²) in [5.74, 6) is 0.463.